The van der Waals surface area contributed by atoms with Crippen LogP contribution in [0.1, 0.15) is 70.4 Å². The maximum Gasteiger partial charge on any atom is 0.474 e. The van der Waals surface area contributed by atoms with Crippen molar-refractivity contribution in [1.29, 1.82) is 0 Å². The highest BCUT2D eigenvalue weighted by Gasteiger charge is 2.35. The molecule has 1 aliphatic carbocycles. The zero-order chi connectivity index (χ0) is 36.1. The van der Waals surface area contributed by atoms with E-state index in [2.05, 4.69) is 31.6 Å². The first kappa shape index (κ1) is 39.0. The van der Waals surface area contributed by atoms with Crippen LogP contribution in [0, 0.1) is 0 Å². The van der Waals surface area contributed by atoms with E-state index in [9.17, 15) is 9.36 Å². The van der Waals surface area contributed by atoms with Gasteiger partial charge in [-0.05, 0) is 77.2 Å². The topological polar surface area (TPSA) is 196 Å². The van der Waals surface area contributed by atoms with E-state index in [4.69, 9.17) is 29.3 Å². The number of hydrogen-bond acceptors (Lipinski definition) is 14. The number of aromatic nitrogens is 5. The molecule has 5 rings (SSSR count). The molecule has 2 atom stereocenters. The Labute approximate surface area is 301 Å². The normalized spacial score (nSPS) is 17.5. The Balaban J connectivity index is 1.05. The monoisotopic (exact) mass is 729 g/mol. The average Bonchev–Trinajstić information content (AvgIpc) is 3.62. The number of phosphoric ester groups is 1. The summed E-state index contributed by atoms with van der Waals surface area (Å²) in [7, 11) is -1.34. The fourth-order valence-electron chi connectivity index (χ4n) is 6.56. The minimum absolute atomic E-state index is 0.0833. The molecule has 17 heteroatoms. The summed E-state index contributed by atoms with van der Waals surface area (Å²) in [6, 6.07) is 7.66. The number of benzene rings is 1. The van der Waals surface area contributed by atoms with Crippen LogP contribution >= 0.6 is 7.82 Å². The molecule has 0 bridgehead atoms. The Morgan fingerprint density at radius 1 is 1.00 bits per heavy atom. The first-order valence-corrected chi connectivity index (χ1v) is 19.8. The van der Waals surface area contributed by atoms with E-state index in [1.807, 2.05) is 35.1 Å². The van der Waals surface area contributed by atoms with Gasteiger partial charge in [0.25, 0.3) is 0 Å². The molecular formula is C34H56N11O5P. The molecular weight excluding hydrogens is 673 g/mol. The first-order chi connectivity index (χ1) is 24.8. The van der Waals surface area contributed by atoms with Crippen LogP contribution in [0.25, 0.3) is 10.9 Å². The zero-order valence-electron chi connectivity index (χ0n) is 30.3. The largest absolute Gasteiger partial charge is 0.474 e. The maximum atomic E-state index is 13.1. The lowest BCUT2D eigenvalue weighted by atomic mass is 9.95. The fourth-order valence-corrected chi connectivity index (χ4v) is 7.42. The summed E-state index contributed by atoms with van der Waals surface area (Å²) in [6.45, 7) is 6.87. The van der Waals surface area contributed by atoms with Crippen LogP contribution in [0.3, 0.4) is 0 Å². The van der Waals surface area contributed by atoms with Crippen LogP contribution in [0.15, 0.2) is 30.5 Å². The van der Waals surface area contributed by atoms with Crippen molar-refractivity contribution < 1.29 is 22.9 Å². The van der Waals surface area contributed by atoms with E-state index < -0.39 is 20.0 Å². The molecule has 2 fully saturated rings. The number of aryl methyl sites for hydroxylation is 1. The Bertz CT molecular complexity index is 1560. The van der Waals surface area contributed by atoms with E-state index in [1.165, 1.54) is 46.3 Å². The number of amides is 1. The highest BCUT2D eigenvalue weighted by molar-refractivity contribution is 7.48. The summed E-state index contributed by atoms with van der Waals surface area (Å²) >= 11 is 0. The van der Waals surface area contributed by atoms with E-state index in [-0.39, 0.29) is 11.9 Å². The van der Waals surface area contributed by atoms with Gasteiger partial charge in [0.15, 0.2) is 0 Å². The van der Waals surface area contributed by atoms with Crippen molar-refractivity contribution in [3.8, 4) is 0 Å². The Morgan fingerprint density at radius 2 is 1.75 bits per heavy atom. The van der Waals surface area contributed by atoms with Gasteiger partial charge in [-0.3, -0.25) is 23.0 Å². The summed E-state index contributed by atoms with van der Waals surface area (Å²) in [5.41, 5.74) is 7.81. The van der Waals surface area contributed by atoms with Crippen molar-refractivity contribution in [3.63, 3.8) is 0 Å². The molecule has 2 aromatic heterocycles. The molecule has 3 heterocycles. The highest BCUT2D eigenvalue weighted by Crippen LogP contribution is 2.49. The number of phosphoric acid groups is 1. The Kier molecular flexibility index (Phi) is 14.9. The predicted molar refractivity (Wildman–Crippen MR) is 197 cm³/mol. The van der Waals surface area contributed by atoms with Crippen LogP contribution in [0.5, 0.6) is 0 Å². The lowest BCUT2D eigenvalue weighted by molar-refractivity contribution is -0.135. The number of nitrogens with zero attached hydrogens (tertiary/aromatic N) is 6. The van der Waals surface area contributed by atoms with Crippen molar-refractivity contribution in [2.45, 2.75) is 102 Å². The number of likely N-dealkylation sites (tertiary alicyclic amines) is 1. The summed E-state index contributed by atoms with van der Waals surface area (Å²) in [5, 5.41) is 23.7. The third-order valence-electron chi connectivity index (χ3n) is 9.61. The second-order valence-corrected chi connectivity index (χ2v) is 15.2. The number of anilines is 2. The molecule has 1 saturated carbocycles. The lowest BCUT2D eigenvalue weighted by Crippen LogP contribution is -2.53. The number of carbonyl (C=O) groups is 1. The number of nitrogens with two attached hydrogens (primary N) is 1. The SMILES string of the molecule is COP(=O)(OC)O[C@H](C)[C@H](N)C(=O)N1CCC(Nc2nc(NCc3cn(CCCNCCCNC4CCCCC4)nn3)nc3ccccc23)CC1. The van der Waals surface area contributed by atoms with Gasteiger partial charge in [-0.2, -0.15) is 4.98 Å². The second-order valence-electron chi connectivity index (χ2n) is 13.4. The van der Waals surface area contributed by atoms with Crippen LogP contribution in [-0.4, -0.2) is 107 Å². The van der Waals surface area contributed by atoms with Crippen molar-refractivity contribution in [2.75, 3.05) is 57.6 Å². The molecule has 0 radical (unpaired) electrons. The zero-order valence-corrected chi connectivity index (χ0v) is 31.2. The fraction of sp³-hybridized carbons (Fsp3) is 0.676. The van der Waals surface area contributed by atoms with Gasteiger partial charge < -0.3 is 31.9 Å². The van der Waals surface area contributed by atoms with Gasteiger partial charge in [0.05, 0.1) is 24.4 Å². The van der Waals surface area contributed by atoms with Gasteiger partial charge in [0.1, 0.15) is 17.6 Å². The minimum atomic E-state index is -3.77. The third kappa shape index (κ3) is 11.6. The molecule has 0 spiro atoms. The van der Waals surface area contributed by atoms with Crippen molar-refractivity contribution in [2.24, 2.45) is 5.73 Å². The second kappa shape index (κ2) is 19.6. The number of nitrogens with one attached hydrogen (secondary N) is 4. The van der Waals surface area contributed by atoms with Crippen LogP contribution in [-0.2, 0) is 36.0 Å². The smallest absolute Gasteiger partial charge is 0.367 e. The molecule has 2 aliphatic rings. The van der Waals surface area contributed by atoms with Crippen LogP contribution in [0.2, 0.25) is 0 Å². The molecule has 282 valence electrons. The lowest BCUT2D eigenvalue weighted by Gasteiger charge is -2.35. The molecule has 16 nitrogen and oxygen atoms in total. The number of piperidine rings is 1. The van der Waals surface area contributed by atoms with Crippen molar-refractivity contribution in [3.05, 3.63) is 36.2 Å². The van der Waals surface area contributed by atoms with E-state index in [0.29, 0.717) is 38.4 Å². The van der Waals surface area contributed by atoms with Gasteiger partial charge in [-0.15, -0.1) is 5.10 Å². The van der Waals surface area contributed by atoms with Gasteiger partial charge >= 0.3 is 7.82 Å². The number of fused-ring (bicyclic) bond motifs is 1. The number of carbonyl (C=O) groups excluding carboxylic acids is 1. The standard InChI is InChI=1S/C34H56N11O5P/c1-25(50-51(47,48-2)49-3)31(35)33(46)44-21-15-27(16-22-44)39-32-29-13-7-8-14-30(29)40-34(41-32)38-23-28-24-45(43-42-28)20-10-18-36-17-9-19-37-26-11-5-4-6-12-26/h7-8,13-14,24-27,31,36-37H,4-6,9-12,15-23,35H2,1-3H3,(H2,38,39,40,41)/t25-,31+/m1/s1. The number of rotatable bonds is 20. The van der Waals surface area contributed by atoms with Crippen LogP contribution < -0.4 is 27.0 Å². The molecule has 1 aromatic carbocycles. The summed E-state index contributed by atoms with van der Waals surface area (Å²) in [4.78, 5) is 24.4. The van der Waals surface area contributed by atoms with Crippen LogP contribution in [0.4, 0.5) is 11.8 Å². The Hall–Kier alpha value is -3.24. The molecule has 1 amide bonds. The Morgan fingerprint density at radius 3 is 2.51 bits per heavy atom. The van der Waals surface area contributed by atoms with E-state index in [0.717, 1.165) is 67.5 Å². The maximum absolute atomic E-state index is 13.1. The predicted octanol–water partition coefficient (Wildman–Crippen LogP) is 3.66. The highest BCUT2D eigenvalue weighted by atomic mass is 31.2. The molecule has 1 saturated heterocycles. The van der Waals surface area contributed by atoms with Crippen molar-refractivity contribution >= 4 is 36.4 Å². The summed E-state index contributed by atoms with van der Waals surface area (Å²) in [5.74, 6) is 0.938. The molecule has 0 unspecified atom stereocenters. The summed E-state index contributed by atoms with van der Waals surface area (Å²) in [6.07, 6.45) is 11.4. The summed E-state index contributed by atoms with van der Waals surface area (Å²) < 4.78 is 29.2. The first-order valence-electron chi connectivity index (χ1n) is 18.3. The van der Waals surface area contributed by atoms with Gasteiger partial charge in [-0.25, -0.2) is 9.55 Å². The average molecular weight is 730 g/mol. The van der Waals surface area contributed by atoms with Crippen molar-refractivity contribution in [1.82, 2.24) is 40.5 Å². The van der Waals surface area contributed by atoms with E-state index in [1.54, 1.807) is 11.8 Å². The molecule has 6 N–H and O–H groups in total. The van der Waals surface area contributed by atoms with E-state index >= 15 is 0 Å². The minimum Gasteiger partial charge on any atom is -0.367 e. The van der Waals surface area contributed by atoms with Gasteiger partial charge in [-0.1, -0.05) is 36.6 Å². The quantitative estimate of drug-likeness (QED) is 0.0835. The molecule has 51 heavy (non-hydrogen) atoms. The number of para-hydroxylation sites is 1. The number of hydrogen-bond donors (Lipinski definition) is 5. The molecule has 1 aliphatic heterocycles. The third-order valence-corrected chi connectivity index (χ3v) is 11.1. The molecule has 3 aromatic rings. The van der Waals surface area contributed by atoms with Gasteiger partial charge in [0, 0.05) is 51.3 Å². The van der Waals surface area contributed by atoms with Gasteiger partial charge in [0.2, 0.25) is 11.9 Å².